The van der Waals surface area contributed by atoms with Gasteiger partial charge in [0.1, 0.15) is 5.75 Å². The van der Waals surface area contributed by atoms with Gasteiger partial charge in [-0.1, -0.05) is 94.8 Å². The fraction of sp³-hybridized carbons (Fsp3) is 0.452. The number of hydrogen-bond acceptors (Lipinski definition) is 2. The molecule has 2 aromatic carbocycles. The molecule has 3 aromatic rings. The minimum atomic E-state index is 0.814. The van der Waals surface area contributed by atoms with E-state index < -0.39 is 0 Å². The van der Waals surface area contributed by atoms with Crippen LogP contribution in [-0.2, 0) is 19.3 Å². The van der Waals surface area contributed by atoms with E-state index in [2.05, 4.69) is 85.7 Å². The van der Waals surface area contributed by atoms with Crippen molar-refractivity contribution in [2.75, 3.05) is 6.61 Å². The number of aromatic nitrogens is 1. The second-order valence-electron chi connectivity index (χ2n) is 9.10. The van der Waals surface area contributed by atoms with E-state index >= 15 is 0 Å². The molecule has 0 amide bonds. The van der Waals surface area contributed by atoms with Crippen LogP contribution in [0.25, 0.3) is 11.1 Å². The molecule has 0 aliphatic heterocycles. The van der Waals surface area contributed by atoms with Gasteiger partial charge in [-0.05, 0) is 72.6 Å². The van der Waals surface area contributed by atoms with E-state index in [0.717, 1.165) is 38.0 Å². The first-order chi connectivity index (χ1) is 16.3. The number of ether oxygens (including phenoxy) is 1. The van der Waals surface area contributed by atoms with Gasteiger partial charge in [-0.3, -0.25) is 4.98 Å². The second kappa shape index (κ2) is 14.5. The monoisotopic (exact) mass is 443 g/mol. The Hall–Kier alpha value is -2.61. The highest BCUT2D eigenvalue weighted by Gasteiger charge is 2.02. The van der Waals surface area contributed by atoms with Crippen molar-refractivity contribution < 1.29 is 4.74 Å². The number of nitrogens with zero attached hydrogens (tertiary/aromatic N) is 1. The summed E-state index contributed by atoms with van der Waals surface area (Å²) in [5.41, 5.74) is 6.40. The van der Waals surface area contributed by atoms with E-state index in [4.69, 9.17) is 4.74 Å². The molecule has 33 heavy (non-hydrogen) atoms. The molecule has 1 aromatic heterocycles. The molecule has 0 saturated carbocycles. The van der Waals surface area contributed by atoms with Gasteiger partial charge in [-0.25, -0.2) is 0 Å². The fourth-order valence-electron chi connectivity index (χ4n) is 4.10. The first-order valence-electron chi connectivity index (χ1n) is 13.0. The Morgan fingerprint density at radius 1 is 0.576 bits per heavy atom. The first kappa shape index (κ1) is 25.0. The summed E-state index contributed by atoms with van der Waals surface area (Å²) < 4.78 is 5.90. The molecule has 3 rings (SSSR count). The summed E-state index contributed by atoms with van der Waals surface area (Å²) in [6.07, 6.45) is 15.4. The number of pyridine rings is 1. The number of hydrogen-bond donors (Lipinski definition) is 0. The summed E-state index contributed by atoms with van der Waals surface area (Å²) in [7, 11) is 0. The summed E-state index contributed by atoms with van der Waals surface area (Å²) in [6.45, 7) is 5.30. The number of unbranched alkanes of at least 4 members (excludes halogenated alkanes) is 6. The van der Waals surface area contributed by atoms with Crippen molar-refractivity contribution in [1.82, 2.24) is 4.98 Å². The van der Waals surface area contributed by atoms with Crippen LogP contribution in [0.1, 0.15) is 82.0 Å². The van der Waals surface area contributed by atoms with Crippen molar-refractivity contribution in [3.63, 3.8) is 0 Å². The lowest BCUT2D eigenvalue weighted by atomic mass is 10.0. The van der Waals surface area contributed by atoms with E-state index in [9.17, 15) is 0 Å². The fourth-order valence-corrected chi connectivity index (χ4v) is 4.10. The molecule has 0 unspecified atom stereocenters. The van der Waals surface area contributed by atoms with Gasteiger partial charge in [0.2, 0.25) is 0 Å². The van der Waals surface area contributed by atoms with Crippen LogP contribution in [0.5, 0.6) is 5.75 Å². The van der Waals surface area contributed by atoms with E-state index in [1.807, 2.05) is 0 Å². The molecule has 0 radical (unpaired) electrons. The van der Waals surface area contributed by atoms with Gasteiger partial charge < -0.3 is 4.74 Å². The van der Waals surface area contributed by atoms with Crippen LogP contribution in [-0.4, -0.2) is 11.6 Å². The maximum Gasteiger partial charge on any atom is 0.119 e. The van der Waals surface area contributed by atoms with Gasteiger partial charge in [-0.2, -0.15) is 0 Å². The van der Waals surface area contributed by atoms with E-state index in [-0.39, 0.29) is 0 Å². The van der Waals surface area contributed by atoms with Crippen LogP contribution in [0.3, 0.4) is 0 Å². The third-order valence-electron chi connectivity index (χ3n) is 6.28. The highest BCUT2D eigenvalue weighted by Crippen LogP contribution is 2.23. The normalized spacial score (nSPS) is 11.0. The van der Waals surface area contributed by atoms with Crippen LogP contribution in [0.15, 0.2) is 66.9 Å². The highest BCUT2D eigenvalue weighted by molar-refractivity contribution is 5.64. The zero-order chi connectivity index (χ0) is 23.1. The molecule has 0 atom stereocenters. The highest BCUT2D eigenvalue weighted by atomic mass is 16.5. The summed E-state index contributed by atoms with van der Waals surface area (Å²) in [5.74, 6) is 0.968. The number of aryl methyl sites for hydroxylation is 3. The zero-order valence-corrected chi connectivity index (χ0v) is 20.7. The lowest BCUT2D eigenvalue weighted by Gasteiger charge is -2.08. The molecule has 0 fully saturated rings. The largest absolute Gasteiger partial charge is 0.494 e. The van der Waals surface area contributed by atoms with Crippen molar-refractivity contribution in [2.24, 2.45) is 0 Å². The molecular formula is C31H41NO. The minimum absolute atomic E-state index is 0.814. The topological polar surface area (TPSA) is 22.1 Å². The Morgan fingerprint density at radius 3 is 1.85 bits per heavy atom. The van der Waals surface area contributed by atoms with Gasteiger partial charge in [0.15, 0.2) is 0 Å². The van der Waals surface area contributed by atoms with Crippen LogP contribution in [0.2, 0.25) is 0 Å². The Labute approximate surface area is 201 Å². The van der Waals surface area contributed by atoms with Gasteiger partial charge in [0.05, 0.1) is 6.61 Å². The maximum atomic E-state index is 5.90. The maximum absolute atomic E-state index is 5.90. The Balaban J connectivity index is 1.43. The average Bonchev–Trinajstić information content (AvgIpc) is 2.86. The number of rotatable bonds is 15. The molecule has 1 heterocycles. The summed E-state index contributed by atoms with van der Waals surface area (Å²) >= 11 is 0. The van der Waals surface area contributed by atoms with Crippen LogP contribution >= 0.6 is 0 Å². The lowest BCUT2D eigenvalue weighted by molar-refractivity contribution is 0.304. The smallest absolute Gasteiger partial charge is 0.119 e. The van der Waals surface area contributed by atoms with Crippen molar-refractivity contribution >= 4 is 0 Å². The molecule has 0 aliphatic rings. The van der Waals surface area contributed by atoms with Crippen LogP contribution in [0, 0.1) is 0 Å². The molecule has 0 saturated heterocycles. The summed E-state index contributed by atoms with van der Waals surface area (Å²) in [6, 6.07) is 21.9. The van der Waals surface area contributed by atoms with Crippen molar-refractivity contribution in [1.29, 1.82) is 0 Å². The quantitative estimate of drug-likeness (QED) is 0.219. The molecule has 2 nitrogen and oxygen atoms in total. The average molecular weight is 444 g/mol. The Kier molecular flexibility index (Phi) is 11.0. The van der Waals surface area contributed by atoms with E-state index in [0.29, 0.717) is 0 Å². The van der Waals surface area contributed by atoms with Gasteiger partial charge in [0, 0.05) is 11.9 Å². The summed E-state index contributed by atoms with van der Waals surface area (Å²) in [4.78, 5) is 4.65. The van der Waals surface area contributed by atoms with E-state index in [1.54, 1.807) is 0 Å². The molecular weight excluding hydrogens is 402 g/mol. The molecule has 0 bridgehead atoms. The predicted molar refractivity (Wildman–Crippen MR) is 141 cm³/mol. The molecule has 0 N–H and O–H groups in total. The van der Waals surface area contributed by atoms with Crippen LogP contribution < -0.4 is 4.74 Å². The third kappa shape index (κ3) is 9.04. The van der Waals surface area contributed by atoms with Crippen molar-refractivity contribution in [3.05, 3.63) is 83.7 Å². The second-order valence-corrected chi connectivity index (χ2v) is 9.10. The summed E-state index contributed by atoms with van der Waals surface area (Å²) in [5, 5.41) is 0. The molecule has 176 valence electrons. The lowest BCUT2D eigenvalue weighted by Crippen LogP contribution is -1.97. The Bertz CT molecular complexity index is 897. The van der Waals surface area contributed by atoms with Gasteiger partial charge >= 0.3 is 0 Å². The zero-order valence-electron chi connectivity index (χ0n) is 20.7. The van der Waals surface area contributed by atoms with Crippen molar-refractivity contribution in [2.45, 2.75) is 84.5 Å². The molecule has 0 spiro atoms. The van der Waals surface area contributed by atoms with Gasteiger partial charge in [0.25, 0.3) is 0 Å². The predicted octanol–water partition coefficient (Wildman–Crippen LogP) is 8.62. The Morgan fingerprint density at radius 2 is 1.18 bits per heavy atom. The first-order valence-corrected chi connectivity index (χ1v) is 13.0. The van der Waals surface area contributed by atoms with E-state index in [1.165, 1.54) is 72.9 Å². The van der Waals surface area contributed by atoms with Gasteiger partial charge in [-0.15, -0.1) is 0 Å². The third-order valence-corrected chi connectivity index (χ3v) is 6.28. The standard InChI is InChI=1S/C31H41NO/c1-3-5-7-8-10-24-33-31-22-19-29(20-23-31)28-17-14-26(15-18-28)12-13-27-16-21-30(32-25-27)11-9-6-4-2/h14-23,25H,3-13,24H2,1-2H3. The minimum Gasteiger partial charge on any atom is -0.494 e. The number of benzene rings is 2. The molecule has 0 aliphatic carbocycles. The molecule has 2 heteroatoms. The SMILES string of the molecule is CCCCCCCOc1ccc(-c2ccc(CCc3ccc(CCCCC)nc3)cc2)cc1. The van der Waals surface area contributed by atoms with Crippen molar-refractivity contribution in [3.8, 4) is 16.9 Å². The van der Waals surface area contributed by atoms with Crippen LogP contribution in [0.4, 0.5) is 0 Å².